The lowest BCUT2D eigenvalue weighted by molar-refractivity contribution is -0.121. The van der Waals surface area contributed by atoms with Crippen molar-refractivity contribution in [3.05, 3.63) is 29.8 Å². The van der Waals surface area contributed by atoms with Gasteiger partial charge in [-0.3, -0.25) is 4.79 Å². The monoisotopic (exact) mass is 277 g/mol. The van der Waals surface area contributed by atoms with Crippen molar-refractivity contribution < 1.29 is 9.53 Å². The van der Waals surface area contributed by atoms with Gasteiger partial charge in [-0.25, -0.2) is 0 Å². The Balaban J connectivity index is 2.29. The van der Waals surface area contributed by atoms with E-state index < -0.39 is 0 Å². The molecule has 3 nitrogen and oxygen atoms in total. The zero-order chi connectivity index (χ0) is 14.8. The van der Waals surface area contributed by atoms with E-state index in [1.54, 1.807) is 7.11 Å². The maximum absolute atomic E-state index is 11.8. The number of unbranched alkanes of at least 4 members (excludes halogenated alkanes) is 4. The van der Waals surface area contributed by atoms with Crippen LogP contribution >= 0.6 is 0 Å². The Morgan fingerprint density at radius 2 is 1.80 bits per heavy atom. The predicted octanol–water partition coefficient (Wildman–Crippen LogP) is 4.23. The van der Waals surface area contributed by atoms with Crippen LogP contribution in [0.25, 0.3) is 0 Å². The number of hydrogen-bond donors (Lipinski definition) is 1. The minimum Gasteiger partial charge on any atom is -0.497 e. The highest BCUT2D eigenvalue weighted by Crippen LogP contribution is 2.17. The van der Waals surface area contributed by atoms with Gasteiger partial charge < -0.3 is 10.1 Å². The molecule has 0 saturated carbocycles. The third-order valence-electron chi connectivity index (χ3n) is 3.50. The molecule has 1 amide bonds. The Kier molecular flexibility index (Phi) is 7.78. The van der Waals surface area contributed by atoms with Crippen molar-refractivity contribution in [1.29, 1.82) is 0 Å². The summed E-state index contributed by atoms with van der Waals surface area (Å²) in [5.74, 6) is 0.980. The van der Waals surface area contributed by atoms with E-state index in [2.05, 4.69) is 12.2 Å². The van der Waals surface area contributed by atoms with Crippen LogP contribution in [0.1, 0.15) is 64.0 Å². The summed E-state index contributed by atoms with van der Waals surface area (Å²) in [7, 11) is 1.65. The van der Waals surface area contributed by atoms with Gasteiger partial charge in [0, 0.05) is 6.42 Å². The maximum atomic E-state index is 11.8. The second-order valence-electron chi connectivity index (χ2n) is 5.23. The molecule has 0 radical (unpaired) electrons. The van der Waals surface area contributed by atoms with Crippen molar-refractivity contribution in [2.75, 3.05) is 7.11 Å². The average molecular weight is 277 g/mol. The summed E-state index contributed by atoms with van der Waals surface area (Å²) >= 11 is 0. The minimum absolute atomic E-state index is 0.0454. The zero-order valence-electron chi connectivity index (χ0n) is 12.9. The first-order valence-electron chi connectivity index (χ1n) is 7.60. The molecule has 112 valence electrons. The van der Waals surface area contributed by atoms with Gasteiger partial charge in [0.25, 0.3) is 0 Å². The molecule has 0 bridgehead atoms. The van der Waals surface area contributed by atoms with Gasteiger partial charge in [0.15, 0.2) is 0 Å². The van der Waals surface area contributed by atoms with Crippen LogP contribution in [0, 0.1) is 0 Å². The van der Waals surface area contributed by atoms with E-state index in [1.807, 2.05) is 31.2 Å². The molecule has 0 unspecified atom stereocenters. The van der Waals surface area contributed by atoms with Gasteiger partial charge in [0.1, 0.15) is 5.75 Å². The Bertz CT molecular complexity index is 386. The molecule has 1 aromatic rings. The SMILES string of the molecule is CCCCCCCC(=O)N[C@H](C)c1ccc(OC)cc1. The molecular formula is C17H27NO2. The van der Waals surface area contributed by atoms with Crippen molar-refractivity contribution >= 4 is 5.91 Å². The number of ether oxygens (including phenoxy) is 1. The summed E-state index contributed by atoms with van der Waals surface area (Å²) in [4.78, 5) is 11.8. The van der Waals surface area contributed by atoms with Crippen LogP contribution in [0.2, 0.25) is 0 Å². The Hall–Kier alpha value is -1.51. The number of amides is 1. The summed E-state index contributed by atoms with van der Waals surface area (Å²) < 4.78 is 5.13. The van der Waals surface area contributed by atoms with Crippen molar-refractivity contribution in [2.45, 2.75) is 58.4 Å². The Morgan fingerprint density at radius 1 is 1.15 bits per heavy atom. The fraction of sp³-hybridized carbons (Fsp3) is 0.588. The van der Waals surface area contributed by atoms with Crippen molar-refractivity contribution in [3.63, 3.8) is 0 Å². The third kappa shape index (κ3) is 6.09. The summed E-state index contributed by atoms with van der Waals surface area (Å²) in [6.07, 6.45) is 6.51. The summed E-state index contributed by atoms with van der Waals surface area (Å²) in [5.41, 5.74) is 1.10. The second-order valence-corrected chi connectivity index (χ2v) is 5.23. The Morgan fingerprint density at radius 3 is 2.40 bits per heavy atom. The number of hydrogen-bond acceptors (Lipinski definition) is 2. The summed E-state index contributed by atoms with van der Waals surface area (Å²) in [6.45, 7) is 4.21. The molecule has 1 rings (SSSR count). The molecule has 1 atom stereocenters. The van der Waals surface area contributed by atoms with E-state index in [-0.39, 0.29) is 11.9 Å². The van der Waals surface area contributed by atoms with Crippen LogP contribution < -0.4 is 10.1 Å². The lowest BCUT2D eigenvalue weighted by Gasteiger charge is -2.14. The number of methoxy groups -OCH3 is 1. The molecule has 0 aromatic heterocycles. The van der Waals surface area contributed by atoms with Crippen LogP contribution in [0.4, 0.5) is 0 Å². The second kappa shape index (κ2) is 9.40. The van der Waals surface area contributed by atoms with E-state index in [1.165, 1.54) is 19.3 Å². The van der Waals surface area contributed by atoms with Gasteiger partial charge in [-0.2, -0.15) is 0 Å². The van der Waals surface area contributed by atoms with Crippen LogP contribution in [0.3, 0.4) is 0 Å². The van der Waals surface area contributed by atoms with Crippen molar-refractivity contribution in [1.82, 2.24) is 5.32 Å². The highest BCUT2D eigenvalue weighted by atomic mass is 16.5. The molecule has 1 N–H and O–H groups in total. The molecule has 0 aliphatic rings. The number of carbonyl (C=O) groups is 1. The summed E-state index contributed by atoms with van der Waals surface area (Å²) in [5, 5.41) is 3.04. The van der Waals surface area contributed by atoms with Gasteiger partial charge in [-0.05, 0) is 31.0 Å². The standard InChI is InChI=1S/C17H27NO2/c1-4-5-6-7-8-9-17(19)18-14(2)15-10-12-16(20-3)13-11-15/h10-14H,4-9H2,1-3H3,(H,18,19)/t14-/m1/s1. The fourth-order valence-corrected chi connectivity index (χ4v) is 2.18. The fourth-order valence-electron chi connectivity index (χ4n) is 2.18. The molecule has 0 fully saturated rings. The number of carbonyl (C=O) groups excluding carboxylic acids is 1. The van der Waals surface area contributed by atoms with Gasteiger partial charge >= 0.3 is 0 Å². The van der Waals surface area contributed by atoms with Crippen LogP contribution in [-0.4, -0.2) is 13.0 Å². The van der Waals surface area contributed by atoms with E-state index >= 15 is 0 Å². The molecule has 1 aromatic carbocycles. The molecule has 0 aliphatic heterocycles. The highest BCUT2D eigenvalue weighted by Gasteiger charge is 2.09. The maximum Gasteiger partial charge on any atom is 0.220 e. The number of nitrogens with one attached hydrogen (secondary N) is 1. The smallest absolute Gasteiger partial charge is 0.220 e. The summed E-state index contributed by atoms with van der Waals surface area (Å²) in [6, 6.07) is 7.87. The number of benzene rings is 1. The van der Waals surface area contributed by atoms with E-state index in [0.29, 0.717) is 6.42 Å². The molecule has 3 heteroatoms. The largest absolute Gasteiger partial charge is 0.497 e. The topological polar surface area (TPSA) is 38.3 Å². The quantitative estimate of drug-likeness (QED) is 0.686. The first kappa shape index (κ1) is 16.5. The molecule has 20 heavy (non-hydrogen) atoms. The lowest BCUT2D eigenvalue weighted by Crippen LogP contribution is -2.26. The molecule has 0 saturated heterocycles. The number of rotatable bonds is 9. The van der Waals surface area contributed by atoms with E-state index in [0.717, 1.165) is 24.2 Å². The first-order valence-corrected chi connectivity index (χ1v) is 7.60. The van der Waals surface area contributed by atoms with Crippen molar-refractivity contribution in [2.24, 2.45) is 0 Å². The molecule has 0 spiro atoms. The molecule has 0 aliphatic carbocycles. The minimum atomic E-state index is 0.0454. The van der Waals surface area contributed by atoms with Gasteiger partial charge in [0.05, 0.1) is 13.2 Å². The zero-order valence-corrected chi connectivity index (χ0v) is 12.9. The average Bonchev–Trinajstić information content (AvgIpc) is 2.47. The predicted molar refractivity (Wildman–Crippen MR) is 82.9 cm³/mol. The van der Waals surface area contributed by atoms with Gasteiger partial charge in [-0.15, -0.1) is 0 Å². The third-order valence-corrected chi connectivity index (χ3v) is 3.50. The van der Waals surface area contributed by atoms with E-state index in [4.69, 9.17) is 4.74 Å². The van der Waals surface area contributed by atoms with Crippen LogP contribution in [-0.2, 0) is 4.79 Å². The molecular weight excluding hydrogens is 250 g/mol. The first-order chi connectivity index (χ1) is 9.67. The normalized spacial score (nSPS) is 11.9. The van der Waals surface area contributed by atoms with Crippen LogP contribution in [0.15, 0.2) is 24.3 Å². The van der Waals surface area contributed by atoms with Gasteiger partial charge in [-0.1, -0.05) is 44.7 Å². The highest BCUT2D eigenvalue weighted by molar-refractivity contribution is 5.76. The van der Waals surface area contributed by atoms with Crippen LogP contribution in [0.5, 0.6) is 5.75 Å². The Labute approximate surface area is 122 Å². The van der Waals surface area contributed by atoms with Crippen molar-refractivity contribution in [3.8, 4) is 5.75 Å². The van der Waals surface area contributed by atoms with E-state index in [9.17, 15) is 4.79 Å². The van der Waals surface area contributed by atoms with Gasteiger partial charge in [0.2, 0.25) is 5.91 Å². The molecule has 0 heterocycles. The lowest BCUT2D eigenvalue weighted by atomic mass is 10.1.